The number of carbonyl (C=O) groups excluding carboxylic acids is 1. The highest BCUT2D eigenvalue weighted by molar-refractivity contribution is 6.34. The second-order valence-electron chi connectivity index (χ2n) is 4.24. The second-order valence-corrected chi connectivity index (χ2v) is 4.62. The highest BCUT2D eigenvalue weighted by Gasteiger charge is 2.14. The van der Waals surface area contributed by atoms with Gasteiger partial charge in [0.15, 0.2) is 31.4 Å². The maximum Gasteiger partial charge on any atom is 0.189 e. The third-order valence-corrected chi connectivity index (χ3v) is 3.06. The number of aldehydes is 1. The van der Waals surface area contributed by atoms with E-state index in [4.69, 9.17) is 40.0 Å². The maximum absolute atomic E-state index is 11.0. The number of ether oxygens (including phenoxy) is 6. The van der Waals surface area contributed by atoms with Crippen molar-refractivity contribution in [2.45, 2.75) is 0 Å². The van der Waals surface area contributed by atoms with Crippen LogP contribution in [0.5, 0.6) is 11.5 Å². The summed E-state index contributed by atoms with van der Waals surface area (Å²) in [5.74, 6) is 0.581. The van der Waals surface area contributed by atoms with Gasteiger partial charge in [-0.15, -0.1) is 0 Å². The maximum atomic E-state index is 11.0. The molecule has 0 heterocycles. The van der Waals surface area contributed by atoms with Crippen molar-refractivity contribution in [3.63, 3.8) is 0 Å². The molecule has 0 radical (unpaired) electrons. The molecule has 8 heteroatoms. The van der Waals surface area contributed by atoms with Crippen LogP contribution in [0.2, 0.25) is 5.02 Å². The van der Waals surface area contributed by atoms with Crippen molar-refractivity contribution >= 4 is 17.9 Å². The molecule has 0 N–H and O–H groups in total. The molecule has 0 saturated carbocycles. The molecule has 0 saturated heterocycles. The summed E-state index contributed by atoms with van der Waals surface area (Å²) in [7, 11) is 3.15. The van der Waals surface area contributed by atoms with E-state index >= 15 is 0 Å². The zero-order valence-electron chi connectivity index (χ0n) is 13.2. The number of benzene rings is 1. The molecule has 1 aromatic rings. The fourth-order valence-electron chi connectivity index (χ4n) is 1.50. The van der Waals surface area contributed by atoms with Gasteiger partial charge < -0.3 is 28.4 Å². The van der Waals surface area contributed by atoms with Crippen molar-refractivity contribution in [2.24, 2.45) is 0 Å². The summed E-state index contributed by atoms with van der Waals surface area (Å²) in [6, 6.07) is 3.12. The summed E-state index contributed by atoms with van der Waals surface area (Å²) >= 11 is 6.14. The van der Waals surface area contributed by atoms with Crippen molar-refractivity contribution in [1.82, 2.24) is 0 Å². The Morgan fingerprint density at radius 1 is 0.957 bits per heavy atom. The molecule has 0 aromatic heterocycles. The molecule has 0 aliphatic carbocycles. The molecule has 0 amide bonds. The molecule has 23 heavy (non-hydrogen) atoms. The first-order valence-electron chi connectivity index (χ1n) is 6.91. The molecule has 0 bridgehead atoms. The SMILES string of the molecule is COCCOCOc1ccc(C=O)c(Cl)c1OCOCCOC. The van der Waals surface area contributed by atoms with Gasteiger partial charge in [0.1, 0.15) is 0 Å². The summed E-state index contributed by atoms with van der Waals surface area (Å²) < 4.78 is 31.1. The summed E-state index contributed by atoms with van der Waals surface area (Å²) in [6.45, 7) is 1.63. The zero-order valence-corrected chi connectivity index (χ0v) is 14.0. The van der Waals surface area contributed by atoms with E-state index in [1.54, 1.807) is 26.4 Å². The van der Waals surface area contributed by atoms with Gasteiger partial charge in [0.25, 0.3) is 0 Å². The van der Waals surface area contributed by atoms with E-state index in [2.05, 4.69) is 0 Å². The van der Waals surface area contributed by atoms with Crippen LogP contribution >= 0.6 is 11.6 Å². The number of rotatable bonds is 13. The fourth-order valence-corrected chi connectivity index (χ4v) is 1.76. The lowest BCUT2D eigenvalue weighted by Gasteiger charge is -2.15. The largest absolute Gasteiger partial charge is 0.464 e. The Labute approximate surface area is 140 Å². The molecule has 0 spiro atoms. The van der Waals surface area contributed by atoms with Crippen LogP contribution in [-0.2, 0) is 18.9 Å². The standard InChI is InChI=1S/C15H21ClO7/c1-18-5-7-20-10-22-13-4-3-12(9-17)14(16)15(13)23-11-21-8-6-19-2/h3-4,9H,5-8,10-11H2,1-2H3. The van der Waals surface area contributed by atoms with Crippen LogP contribution in [0.4, 0.5) is 0 Å². The highest BCUT2D eigenvalue weighted by atomic mass is 35.5. The van der Waals surface area contributed by atoms with Crippen LogP contribution in [0, 0.1) is 0 Å². The number of carbonyl (C=O) groups is 1. The summed E-state index contributed by atoms with van der Waals surface area (Å²) in [5, 5.41) is 0.157. The van der Waals surface area contributed by atoms with Gasteiger partial charge in [-0.2, -0.15) is 0 Å². The Balaban J connectivity index is 2.63. The third kappa shape index (κ3) is 7.15. The van der Waals surface area contributed by atoms with Crippen LogP contribution in [0.1, 0.15) is 10.4 Å². The fraction of sp³-hybridized carbons (Fsp3) is 0.533. The van der Waals surface area contributed by atoms with E-state index in [0.717, 1.165) is 0 Å². The van der Waals surface area contributed by atoms with Crippen molar-refractivity contribution in [1.29, 1.82) is 0 Å². The molecule has 0 fully saturated rings. The molecular formula is C15H21ClO7. The third-order valence-electron chi connectivity index (χ3n) is 2.67. The highest BCUT2D eigenvalue weighted by Crippen LogP contribution is 2.37. The lowest BCUT2D eigenvalue weighted by Crippen LogP contribution is -2.11. The molecule has 1 rings (SSSR count). The van der Waals surface area contributed by atoms with E-state index in [1.165, 1.54) is 0 Å². The minimum Gasteiger partial charge on any atom is -0.464 e. The summed E-state index contributed by atoms with van der Waals surface area (Å²) in [6.07, 6.45) is 0.639. The first-order chi connectivity index (χ1) is 11.2. The molecule has 0 unspecified atom stereocenters. The minimum absolute atomic E-state index is 0.00101. The van der Waals surface area contributed by atoms with Gasteiger partial charge in [0.05, 0.1) is 31.5 Å². The number of halogens is 1. The molecule has 0 atom stereocenters. The van der Waals surface area contributed by atoms with E-state index in [-0.39, 0.29) is 24.4 Å². The van der Waals surface area contributed by atoms with Crippen LogP contribution in [-0.4, -0.2) is 60.5 Å². The van der Waals surface area contributed by atoms with Crippen molar-refractivity contribution < 1.29 is 33.2 Å². The molecular weight excluding hydrogens is 328 g/mol. The van der Waals surface area contributed by atoms with E-state index in [0.29, 0.717) is 44.0 Å². The normalized spacial score (nSPS) is 10.6. The van der Waals surface area contributed by atoms with Crippen molar-refractivity contribution in [3.8, 4) is 11.5 Å². The summed E-state index contributed by atoms with van der Waals surface area (Å²) in [5.41, 5.74) is 0.297. The molecule has 0 aliphatic heterocycles. The topological polar surface area (TPSA) is 72.5 Å². The average Bonchev–Trinajstić information content (AvgIpc) is 2.56. The van der Waals surface area contributed by atoms with Crippen LogP contribution < -0.4 is 9.47 Å². The predicted octanol–water partition coefficient (Wildman–Crippen LogP) is 2.15. The monoisotopic (exact) mass is 348 g/mol. The van der Waals surface area contributed by atoms with E-state index in [9.17, 15) is 4.79 Å². The molecule has 1 aromatic carbocycles. The quantitative estimate of drug-likeness (QED) is 0.307. The van der Waals surface area contributed by atoms with Crippen LogP contribution in [0.15, 0.2) is 12.1 Å². The van der Waals surface area contributed by atoms with Gasteiger partial charge in [0, 0.05) is 19.8 Å². The Morgan fingerprint density at radius 3 is 2.13 bits per heavy atom. The second kappa shape index (κ2) is 12.1. The van der Waals surface area contributed by atoms with E-state index in [1.807, 2.05) is 0 Å². The first-order valence-corrected chi connectivity index (χ1v) is 7.29. The average molecular weight is 349 g/mol. The lowest BCUT2D eigenvalue weighted by molar-refractivity contribution is -0.0207. The van der Waals surface area contributed by atoms with Crippen LogP contribution in [0.25, 0.3) is 0 Å². The Morgan fingerprint density at radius 2 is 1.57 bits per heavy atom. The van der Waals surface area contributed by atoms with Gasteiger partial charge in [-0.1, -0.05) is 11.6 Å². The molecule has 0 aliphatic rings. The van der Waals surface area contributed by atoms with Gasteiger partial charge >= 0.3 is 0 Å². The molecule has 130 valence electrons. The van der Waals surface area contributed by atoms with Gasteiger partial charge in [0.2, 0.25) is 0 Å². The van der Waals surface area contributed by atoms with Crippen LogP contribution in [0.3, 0.4) is 0 Å². The summed E-state index contributed by atoms with van der Waals surface area (Å²) in [4.78, 5) is 11.0. The molecule has 7 nitrogen and oxygen atoms in total. The van der Waals surface area contributed by atoms with Gasteiger partial charge in [-0.3, -0.25) is 4.79 Å². The lowest BCUT2D eigenvalue weighted by atomic mass is 10.2. The Kier molecular flexibility index (Phi) is 10.3. The first kappa shape index (κ1) is 19.7. The zero-order chi connectivity index (χ0) is 16.9. The number of hydrogen-bond donors (Lipinski definition) is 0. The van der Waals surface area contributed by atoms with Crippen molar-refractivity contribution in [3.05, 3.63) is 22.7 Å². The van der Waals surface area contributed by atoms with Crippen molar-refractivity contribution in [2.75, 3.05) is 54.2 Å². The van der Waals surface area contributed by atoms with Gasteiger partial charge in [-0.25, -0.2) is 0 Å². The predicted molar refractivity (Wildman–Crippen MR) is 83.5 cm³/mol. The Bertz CT molecular complexity index is 467. The minimum atomic E-state index is -0.0493. The number of hydrogen-bond acceptors (Lipinski definition) is 7. The smallest absolute Gasteiger partial charge is 0.189 e. The van der Waals surface area contributed by atoms with E-state index < -0.39 is 0 Å². The Hall–Kier alpha value is -1.38. The van der Waals surface area contributed by atoms with Gasteiger partial charge in [-0.05, 0) is 12.1 Å². The number of methoxy groups -OCH3 is 2.